The first-order valence-corrected chi connectivity index (χ1v) is 56.1. The summed E-state index contributed by atoms with van der Waals surface area (Å²) < 4.78 is 48.7. The van der Waals surface area contributed by atoms with Crippen molar-refractivity contribution in [3.8, 4) is 11.5 Å². The molecule has 18 heteroatoms. The van der Waals surface area contributed by atoms with E-state index in [1.165, 1.54) is 90.7 Å². The summed E-state index contributed by atoms with van der Waals surface area (Å²) in [5, 5.41) is 0. The number of halogens is 8. The molecular weight excluding hydrogens is 1790 g/mol. The maximum Gasteiger partial charge on any atom is 0.762 e. The van der Waals surface area contributed by atoms with Gasteiger partial charge >= 0.3 is 209 Å². The van der Waals surface area contributed by atoms with Gasteiger partial charge in [-0.3, -0.25) is 12.9 Å². The quantitative estimate of drug-likeness (QED) is 0.0236. The number of nitrogens with zero attached hydrogens (tertiary/aromatic N) is 4. The van der Waals surface area contributed by atoms with Crippen LogP contribution in [0.1, 0.15) is 251 Å². The van der Waals surface area contributed by atoms with Gasteiger partial charge in [0.05, 0.1) is 17.0 Å². The zero-order valence-corrected chi connectivity index (χ0v) is 79.8. The van der Waals surface area contributed by atoms with Gasteiger partial charge in [-0.05, 0) is 123 Å². The molecule has 0 unspecified atom stereocenters. The van der Waals surface area contributed by atoms with Gasteiger partial charge in [0.15, 0.2) is 0 Å². The van der Waals surface area contributed by atoms with E-state index in [9.17, 15) is 12.9 Å². The molecule has 5 aliphatic rings. The molecule has 121 heavy (non-hydrogen) atoms. The fraction of sp³-hybridized carbons (Fsp3) is 0.369. The maximum atomic E-state index is 9.67. The minimum atomic E-state index is -3.67. The van der Waals surface area contributed by atoms with Gasteiger partial charge in [0.1, 0.15) is 0 Å². The van der Waals surface area contributed by atoms with E-state index in [1.54, 1.807) is 96.3 Å². The average molecular weight is 1910 g/mol. The smallest absolute Gasteiger partial charge is 0.762 e. The standard InChI is InChI=1S/C31H31N2.C31H30N2.C18H33P.2C10H12O.C3H8.BF3.4ClH.FH.2Ru/c2*1-24(26-13-5-3-6-14-26)28-17-9-11-19-30(28)32-21-22-33(23-32)31-20-12-10-18-29(31)25(2)27-15-7-4-8-16-27;1-4-10-16(11-5-1)19(17-12-6-2-7-13-17)18-14-8-3-9-15-18;2*1-8(2)11-10-7-5-4-6-9(10)3;1-3-2;2-1(3)4;;;;;;;/h3-20,23-25H,21-22H2,1-2H3;3-21,23-25H,22H2,1-2H3;16-18H,1-15H2;2*3-8H,1-2H3;3H2,1-2H3;;5*1H;;/q-1;+2;;;;;;;;;;;2*+2/p-4/t2*24-,25-;;;;;;;;;;;;/m00............/s1. The second kappa shape index (κ2) is 54.1. The van der Waals surface area contributed by atoms with Gasteiger partial charge in [-0.2, -0.15) is 6.67 Å². The maximum absolute atomic E-state index is 9.67. The minimum Gasteiger partial charge on any atom is -1.00 e. The molecule has 2 aliphatic heterocycles. The second-order valence-electron chi connectivity index (χ2n) is 32.1. The first-order valence-electron chi connectivity index (χ1n) is 43.4. The van der Waals surface area contributed by atoms with Crippen molar-refractivity contribution in [1.82, 2.24) is 0 Å². The van der Waals surface area contributed by atoms with Crippen molar-refractivity contribution in [2.75, 3.05) is 29.4 Å². The first-order chi connectivity index (χ1) is 58.2. The van der Waals surface area contributed by atoms with E-state index in [2.05, 4.69) is 298 Å². The Labute approximate surface area is 750 Å². The van der Waals surface area contributed by atoms with Crippen molar-refractivity contribution in [1.29, 1.82) is 0 Å². The van der Waals surface area contributed by atoms with Crippen LogP contribution in [0.25, 0.3) is 0 Å². The molecule has 15 rings (SSSR count). The Kier molecular flexibility index (Phi) is 44.5. The Hall–Kier alpha value is -6.90. The second-order valence-corrected chi connectivity index (χ2v) is 47.0. The molecule has 2 heterocycles. The molecule has 3 saturated carbocycles. The molecule has 10 aromatic carbocycles. The molecular formula is C103H127BCl4F4N4O2PRu2+. The topological polar surface area (TPSA) is 31.0 Å². The van der Waals surface area contributed by atoms with E-state index in [0.717, 1.165) is 42.3 Å². The van der Waals surface area contributed by atoms with Crippen molar-refractivity contribution < 1.29 is 63.3 Å². The molecule has 0 aromatic heterocycles. The Balaban J connectivity index is 0.000000192. The molecule has 0 N–H and O–H groups in total. The Morgan fingerprint density at radius 3 is 1.02 bits per heavy atom. The van der Waals surface area contributed by atoms with Crippen LogP contribution in [0.3, 0.4) is 0 Å². The van der Waals surface area contributed by atoms with Crippen molar-refractivity contribution >= 4 is 98.8 Å². The van der Waals surface area contributed by atoms with Crippen LogP contribution in [0.15, 0.2) is 267 Å². The van der Waals surface area contributed by atoms with Crippen molar-refractivity contribution in [3.05, 3.63) is 329 Å². The van der Waals surface area contributed by atoms with Crippen LogP contribution < -0.4 is 24.0 Å². The summed E-state index contributed by atoms with van der Waals surface area (Å²) in [4.78, 5) is 4.83. The third kappa shape index (κ3) is 31.9. The predicted octanol–water partition coefficient (Wildman–Crippen LogP) is 27.1. The van der Waals surface area contributed by atoms with Gasteiger partial charge in [-0.25, -0.2) is 0 Å². The van der Waals surface area contributed by atoms with Gasteiger partial charge in [-0.15, -0.1) is 9.15 Å². The minimum absolute atomic E-state index is 0. The Morgan fingerprint density at radius 1 is 0.405 bits per heavy atom. The van der Waals surface area contributed by atoms with E-state index < -0.39 is 34.6 Å². The fourth-order valence-corrected chi connectivity index (χ4v) is 25.9. The molecule has 650 valence electrons. The van der Waals surface area contributed by atoms with Crippen LogP contribution in [0.5, 0.6) is 11.5 Å². The van der Waals surface area contributed by atoms with Crippen LogP contribution >= 0.6 is 46.7 Å². The molecule has 4 fully saturated rings. The summed E-state index contributed by atoms with van der Waals surface area (Å²) in [6.45, 7) is 26.5. The van der Waals surface area contributed by atoms with Crippen LogP contribution in [-0.2, 0) is 27.0 Å². The average Bonchev–Trinajstić information content (AvgIpc) is 1.65. The van der Waals surface area contributed by atoms with Gasteiger partial charge in [-0.1, -0.05) is 261 Å². The van der Waals surface area contributed by atoms with Crippen LogP contribution in [0.4, 0.5) is 35.7 Å². The zero-order valence-electron chi connectivity index (χ0n) is 72.3. The van der Waals surface area contributed by atoms with Crippen molar-refractivity contribution in [3.63, 3.8) is 0 Å². The number of benzene rings is 10. The molecule has 0 radical (unpaired) electrons. The number of ether oxygens (including phenoxy) is 2. The molecule has 0 spiro atoms. The number of hydrogen-bond donors (Lipinski definition) is 0. The fourth-order valence-electron chi connectivity index (χ4n) is 17.1. The molecule has 0 amide bonds. The molecule has 10 aromatic rings. The number of hydrogen-bond acceptors (Lipinski definition) is 4. The predicted molar refractivity (Wildman–Crippen MR) is 510 cm³/mol. The Bertz CT molecular complexity index is 4550. The first kappa shape index (κ1) is 99.5. The summed E-state index contributed by atoms with van der Waals surface area (Å²) in [6.07, 6.45) is 29.9. The third-order valence-electron chi connectivity index (χ3n) is 22.8. The van der Waals surface area contributed by atoms with E-state index in [-0.39, 0.29) is 24.8 Å². The van der Waals surface area contributed by atoms with E-state index >= 15 is 0 Å². The summed E-state index contributed by atoms with van der Waals surface area (Å²) in [5.41, 5.74) is 21.6. The van der Waals surface area contributed by atoms with Crippen LogP contribution in [-0.4, -0.2) is 87.3 Å². The van der Waals surface area contributed by atoms with Gasteiger partial charge < -0.3 is 14.5 Å². The van der Waals surface area contributed by atoms with Gasteiger partial charge in [0, 0.05) is 79.3 Å². The largest absolute Gasteiger partial charge is 1.00 e. The van der Waals surface area contributed by atoms with Crippen LogP contribution in [0, 0.1) is 6.67 Å². The third-order valence-corrected chi connectivity index (χ3v) is 31.0. The SMILES string of the molecule is C1CCC([PH+](C2CCCCC2)C2CCCCC2)CC1.CC(C)Oc1ccccc1[CH]=[Ru]([Cl])[Cl].CC(C)Oc1ccccc1[CH]=[Ru]([Cl])[Cl].CCC.C[C@@H](c1ccccc1)c1ccccc1N1[CH-]N(c2ccccc2[C@@H](C)c2ccccc2)CC1.C[C@@H](c1ccccc1)c1ccccc1[N+]1=CC[N+](c2ccccc2[C@@H](C)c2ccccc2)=C1.FB(F)F.[F-]. The number of rotatable bonds is 21. The zero-order chi connectivity index (χ0) is 85.6. The molecule has 3 aliphatic carbocycles. The van der Waals surface area contributed by atoms with Gasteiger partial charge in [0.25, 0.3) is 0 Å². The van der Waals surface area contributed by atoms with Gasteiger partial charge in [0.2, 0.25) is 24.1 Å². The Morgan fingerprint density at radius 2 is 0.686 bits per heavy atom. The van der Waals surface area contributed by atoms with E-state index in [1.807, 2.05) is 85.4 Å². The molecule has 6 nitrogen and oxygen atoms in total. The normalized spacial score (nSPS) is 15.8. The molecule has 0 bridgehead atoms. The summed E-state index contributed by atoms with van der Waals surface area (Å²) in [5.74, 6) is 3.04. The summed E-state index contributed by atoms with van der Waals surface area (Å²) >= 11 is -3.54. The molecule has 1 saturated heterocycles. The number of para-hydroxylation sites is 6. The van der Waals surface area contributed by atoms with Crippen LogP contribution in [0.2, 0.25) is 0 Å². The summed E-state index contributed by atoms with van der Waals surface area (Å²) in [7, 11) is 19.6. The van der Waals surface area contributed by atoms with E-state index in [0.29, 0.717) is 23.7 Å². The number of anilines is 2. The van der Waals surface area contributed by atoms with Crippen molar-refractivity contribution in [2.24, 2.45) is 0 Å². The van der Waals surface area contributed by atoms with Crippen molar-refractivity contribution in [2.45, 2.75) is 225 Å². The molecule has 4 atom stereocenters. The summed E-state index contributed by atoms with van der Waals surface area (Å²) in [6, 6.07) is 93.8. The monoisotopic (exact) mass is 1910 g/mol. The van der Waals surface area contributed by atoms with E-state index in [4.69, 9.17) is 48.2 Å².